The van der Waals surface area contributed by atoms with Gasteiger partial charge in [-0.25, -0.2) is 8.42 Å². The van der Waals surface area contributed by atoms with Crippen molar-refractivity contribution in [2.45, 2.75) is 13.5 Å². The van der Waals surface area contributed by atoms with Crippen LogP contribution in [-0.4, -0.2) is 38.5 Å². The average molecular weight is 397 g/mol. The fourth-order valence-corrected chi connectivity index (χ4v) is 3.17. The first-order valence-corrected chi connectivity index (χ1v) is 10.1. The minimum atomic E-state index is -3.57. The van der Waals surface area contributed by atoms with Crippen LogP contribution in [0.5, 0.6) is 5.75 Å². The maximum Gasteiger partial charge on any atom is 0.239 e. The Labute approximate surface area is 158 Å². The van der Waals surface area contributed by atoms with Crippen molar-refractivity contribution in [1.82, 2.24) is 4.31 Å². The molecule has 0 saturated heterocycles. The third-order valence-electron chi connectivity index (χ3n) is 3.76. The minimum absolute atomic E-state index is 0.0882. The van der Waals surface area contributed by atoms with Crippen LogP contribution in [0.4, 0.5) is 5.69 Å². The summed E-state index contributed by atoms with van der Waals surface area (Å²) in [7, 11) is -2.01. The molecule has 8 heteroatoms. The Bertz CT molecular complexity index is 883. The highest BCUT2D eigenvalue weighted by Gasteiger charge is 2.20. The van der Waals surface area contributed by atoms with Crippen LogP contribution >= 0.6 is 11.6 Å². The summed E-state index contributed by atoms with van der Waals surface area (Å²) in [4.78, 5) is 12.3. The lowest BCUT2D eigenvalue weighted by molar-refractivity contribution is -0.116. The van der Waals surface area contributed by atoms with E-state index in [9.17, 15) is 13.2 Å². The lowest BCUT2D eigenvalue weighted by Gasteiger charge is -2.20. The summed E-state index contributed by atoms with van der Waals surface area (Å²) in [6.45, 7) is 1.65. The van der Waals surface area contributed by atoms with Crippen molar-refractivity contribution in [1.29, 1.82) is 0 Å². The standard InChI is InChI=1S/C18H21ClN2O4S/c1-13-4-7-15(10-17(13)19)20-18(22)12-21(26(3,23)24)11-14-5-8-16(25-2)9-6-14/h4-10H,11-12H2,1-3H3,(H,20,22). The highest BCUT2D eigenvalue weighted by atomic mass is 35.5. The monoisotopic (exact) mass is 396 g/mol. The Kier molecular flexibility index (Phi) is 6.63. The Hall–Kier alpha value is -2.09. The molecule has 2 aromatic rings. The van der Waals surface area contributed by atoms with Crippen molar-refractivity contribution in [3.05, 3.63) is 58.6 Å². The van der Waals surface area contributed by atoms with Gasteiger partial charge >= 0.3 is 0 Å². The Balaban J connectivity index is 2.09. The number of aryl methyl sites for hydroxylation is 1. The normalized spacial score (nSPS) is 11.4. The van der Waals surface area contributed by atoms with Crippen LogP contribution in [0.1, 0.15) is 11.1 Å². The van der Waals surface area contributed by atoms with Crippen LogP contribution in [0.3, 0.4) is 0 Å². The number of hydrogen-bond acceptors (Lipinski definition) is 4. The number of rotatable bonds is 7. The molecule has 0 unspecified atom stereocenters. The van der Waals surface area contributed by atoms with Crippen LogP contribution < -0.4 is 10.1 Å². The van der Waals surface area contributed by atoms with Crippen LogP contribution in [0.2, 0.25) is 5.02 Å². The second-order valence-electron chi connectivity index (χ2n) is 5.89. The van der Waals surface area contributed by atoms with Crippen LogP contribution in [0.25, 0.3) is 0 Å². The highest BCUT2D eigenvalue weighted by Crippen LogP contribution is 2.20. The SMILES string of the molecule is COc1ccc(CN(CC(=O)Nc2ccc(C)c(Cl)c2)S(C)(=O)=O)cc1. The zero-order chi connectivity index (χ0) is 19.3. The lowest BCUT2D eigenvalue weighted by atomic mass is 10.2. The van der Waals surface area contributed by atoms with Crippen molar-refractivity contribution >= 4 is 33.2 Å². The molecule has 0 aliphatic heterocycles. The van der Waals surface area contributed by atoms with Gasteiger partial charge in [0.15, 0.2) is 0 Å². The van der Waals surface area contributed by atoms with Gasteiger partial charge in [0.05, 0.1) is 19.9 Å². The fraction of sp³-hybridized carbons (Fsp3) is 0.278. The molecule has 0 saturated carbocycles. The summed E-state index contributed by atoms with van der Waals surface area (Å²) in [5.41, 5.74) is 2.16. The van der Waals surface area contributed by atoms with E-state index in [1.54, 1.807) is 49.6 Å². The third kappa shape index (κ3) is 5.72. The summed E-state index contributed by atoms with van der Waals surface area (Å²) in [5, 5.41) is 3.20. The van der Waals surface area contributed by atoms with Crippen molar-refractivity contribution in [3.63, 3.8) is 0 Å². The molecule has 0 heterocycles. The molecular weight excluding hydrogens is 376 g/mol. The van der Waals surface area contributed by atoms with Gasteiger partial charge in [-0.3, -0.25) is 4.79 Å². The van der Waals surface area contributed by atoms with E-state index in [1.165, 1.54) is 0 Å². The number of sulfonamides is 1. The Morgan fingerprint density at radius 2 is 1.85 bits per heavy atom. The predicted molar refractivity (Wildman–Crippen MR) is 103 cm³/mol. The van der Waals surface area contributed by atoms with Crippen LogP contribution in [0, 0.1) is 6.92 Å². The maximum atomic E-state index is 12.3. The molecule has 0 bridgehead atoms. The van der Waals surface area contributed by atoms with Crippen molar-refractivity contribution in [3.8, 4) is 5.75 Å². The van der Waals surface area contributed by atoms with E-state index in [0.717, 1.165) is 21.7 Å². The number of nitrogens with one attached hydrogen (secondary N) is 1. The smallest absolute Gasteiger partial charge is 0.239 e. The molecule has 2 rings (SSSR count). The highest BCUT2D eigenvalue weighted by molar-refractivity contribution is 7.88. The van der Waals surface area contributed by atoms with Crippen molar-refractivity contribution < 1.29 is 17.9 Å². The summed E-state index contributed by atoms with van der Waals surface area (Å²) in [6.07, 6.45) is 1.08. The number of benzene rings is 2. The van der Waals surface area contributed by atoms with Gasteiger partial charge in [0.2, 0.25) is 15.9 Å². The number of anilines is 1. The second-order valence-corrected chi connectivity index (χ2v) is 8.28. The molecule has 26 heavy (non-hydrogen) atoms. The van der Waals surface area contributed by atoms with E-state index in [4.69, 9.17) is 16.3 Å². The van der Waals surface area contributed by atoms with Gasteiger partial charge < -0.3 is 10.1 Å². The summed E-state index contributed by atoms with van der Waals surface area (Å²) < 4.78 is 30.3. The fourth-order valence-electron chi connectivity index (χ4n) is 2.26. The quantitative estimate of drug-likeness (QED) is 0.780. The molecule has 0 aliphatic rings. The number of carbonyl (C=O) groups excluding carboxylic acids is 1. The Morgan fingerprint density at radius 1 is 1.19 bits per heavy atom. The maximum absolute atomic E-state index is 12.3. The first kappa shape index (κ1) is 20.2. The number of ether oxygens (including phenoxy) is 1. The molecule has 2 aromatic carbocycles. The van der Waals surface area contributed by atoms with Crippen LogP contribution in [-0.2, 0) is 21.4 Å². The number of halogens is 1. The summed E-state index contributed by atoms with van der Waals surface area (Å²) >= 11 is 6.04. The molecule has 0 aromatic heterocycles. The molecule has 0 spiro atoms. The van der Waals surface area contributed by atoms with E-state index in [-0.39, 0.29) is 13.1 Å². The van der Waals surface area contributed by atoms with Crippen LogP contribution in [0.15, 0.2) is 42.5 Å². The number of carbonyl (C=O) groups is 1. The van der Waals surface area contributed by atoms with E-state index in [0.29, 0.717) is 16.5 Å². The zero-order valence-corrected chi connectivity index (χ0v) is 16.4. The third-order valence-corrected chi connectivity index (χ3v) is 5.37. The number of methoxy groups -OCH3 is 1. The first-order valence-electron chi connectivity index (χ1n) is 7.83. The topological polar surface area (TPSA) is 75.7 Å². The van der Waals surface area contributed by atoms with E-state index in [2.05, 4.69) is 5.32 Å². The molecule has 1 amide bonds. The molecule has 140 valence electrons. The van der Waals surface area contributed by atoms with Crippen molar-refractivity contribution in [2.24, 2.45) is 0 Å². The molecule has 0 radical (unpaired) electrons. The molecule has 0 aliphatic carbocycles. The van der Waals surface area contributed by atoms with Crippen molar-refractivity contribution in [2.75, 3.05) is 25.2 Å². The van der Waals surface area contributed by atoms with Gasteiger partial charge in [-0.05, 0) is 42.3 Å². The molecule has 1 N–H and O–H groups in total. The number of amides is 1. The Morgan fingerprint density at radius 3 is 2.38 bits per heavy atom. The van der Waals surface area contributed by atoms with Gasteiger partial charge in [-0.1, -0.05) is 29.8 Å². The zero-order valence-electron chi connectivity index (χ0n) is 14.8. The molecular formula is C18H21ClN2O4S. The van der Waals surface area contributed by atoms with Gasteiger partial charge in [0.25, 0.3) is 0 Å². The largest absolute Gasteiger partial charge is 0.497 e. The first-order chi connectivity index (χ1) is 12.2. The van der Waals surface area contributed by atoms with E-state index >= 15 is 0 Å². The van der Waals surface area contributed by atoms with E-state index < -0.39 is 15.9 Å². The molecule has 0 fully saturated rings. The predicted octanol–water partition coefficient (Wildman–Crippen LogP) is 3.06. The van der Waals surface area contributed by atoms with Gasteiger partial charge in [0.1, 0.15) is 5.75 Å². The molecule has 0 atom stereocenters. The minimum Gasteiger partial charge on any atom is -0.497 e. The number of nitrogens with zero attached hydrogens (tertiary/aromatic N) is 1. The van der Waals surface area contributed by atoms with E-state index in [1.807, 2.05) is 6.92 Å². The number of hydrogen-bond donors (Lipinski definition) is 1. The lowest BCUT2D eigenvalue weighted by Crippen LogP contribution is -2.36. The second kappa shape index (κ2) is 8.53. The summed E-state index contributed by atoms with van der Waals surface area (Å²) in [5.74, 6) is 0.234. The molecule has 6 nitrogen and oxygen atoms in total. The van der Waals surface area contributed by atoms with Gasteiger partial charge in [0, 0.05) is 17.3 Å². The van der Waals surface area contributed by atoms with Gasteiger partial charge in [-0.2, -0.15) is 4.31 Å². The van der Waals surface area contributed by atoms with Gasteiger partial charge in [-0.15, -0.1) is 0 Å². The average Bonchev–Trinajstić information content (AvgIpc) is 2.57. The summed E-state index contributed by atoms with van der Waals surface area (Å²) in [6, 6.07) is 12.1.